The lowest BCUT2D eigenvalue weighted by Crippen LogP contribution is -2.49. The van der Waals surface area contributed by atoms with Crippen LogP contribution in [-0.4, -0.2) is 61.8 Å². The summed E-state index contributed by atoms with van der Waals surface area (Å²) in [7, 11) is -1.41. The average Bonchev–Trinajstić information content (AvgIpc) is 2.58. The fourth-order valence-corrected chi connectivity index (χ4v) is 3.25. The molecule has 2 atom stereocenters. The fourth-order valence-electron chi connectivity index (χ4n) is 2.54. The molecule has 3 N–H and O–H groups in total. The van der Waals surface area contributed by atoms with Crippen molar-refractivity contribution >= 4 is 31.9 Å². The second-order valence-electron chi connectivity index (χ2n) is 11.4. The Morgan fingerprint density at radius 2 is 1.30 bits per heavy atom. The standard InChI is InChI=1S/C23H44N2O7Si/c1-22(2,3)31-18(26)12-10-16(24)20(28)25-17(11-13-19(27)32-23(4,5)6)21(29)30-14-15-33(7,8)9/h16-17H,10-15,24H2,1-9H3,(H,25,28)/t16-,17+/m1/s1. The molecule has 33 heavy (non-hydrogen) atoms. The van der Waals surface area contributed by atoms with Gasteiger partial charge in [-0.3, -0.25) is 14.4 Å². The largest absolute Gasteiger partial charge is 0.464 e. The molecule has 0 aliphatic rings. The van der Waals surface area contributed by atoms with Gasteiger partial charge in [0, 0.05) is 20.9 Å². The fraction of sp³-hybridized carbons (Fsp3) is 0.826. The van der Waals surface area contributed by atoms with Crippen LogP contribution in [0.3, 0.4) is 0 Å². The Morgan fingerprint density at radius 1 is 0.848 bits per heavy atom. The molecule has 10 heteroatoms. The van der Waals surface area contributed by atoms with Crippen molar-refractivity contribution in [1.29, 1.82) is 0 Å². The smallest absolute Gasteiger partial charge is 0.328 e. The molecule has 1 amide bonds. The molecule has 0 heterocycles. The van der Waals surface area contributed by atoms with Crippen molar-refractivity contribution in [2.24, 2.45) is 5.73 Å². The average molecular weight is 489 g/mol. The minimum absolute atomic E-state index is 0.0191. The van der Waals surface area contributed by atoms with Crippen molar-refractivity contribution in [2.75, 3.05) is 6.61 Å². The van der Waals surface area contributed by atoms with Gasteiger partial charge in [-0.25, -0.2) is 4.79 Å². The van der Waals surface area contributed by atoms with E-state index in [9.17, 15) is 19.2 Å². The molecule has 0 bridgehead atoms. The maximum Gasteiger partial charge on any atom is 0.328 e. The quantitative estimate of drug-likeness (QED) is 0.243. The van der Waals surface area contributed by atoms with Gasteiger partial charge in [0.1, 0.15) is 17.2 Å². The minimum Gasteiger partial charge on any atom is -0.464 e. The first-order valence-corrected chi connectivity index (χ1v) is 15.2. The molecule has 0 rings (SSSR count). The topological polar surface area (TPSA) is 134 Å². The number of amides is 1. The molecule has 0 unspecified atom stereocenters. The molecule has 9 nitrogen and oxygen atoms in total. The highest BCUT2D eigenvalue weighted by Crippen LogP contribution is 2.13. The van der Waals surface area contributed by atoms with Crippen LogP contribution in [0.25, 0.3) is 0 Å². The van der Waals surface area contributed by atoms with E-state index in [0.717, 1.165) is 6.04 Å². The van der Waals surface area contributed by atoms with E-state index in [0.29, 0.717) is 0 Å². The van der Waals surface area contributed by atoms with Crippen LogP contribution in [0, 0.1) is 0 Å². The Labute approximate surface area is 199 Å². The van der Waals surface area contributed by atoms with Crippen molar-refractivity contribution in [3.8, 4) is 0 Å². The Balaban J connectivity index is 4.99. The molecule has 0 saturated carbocycles. The summed E-state index contributed by atoms with van der Waals surface area (Å²) in [5.74, 6) is -2.16. The molecule has 192 valence electrons. The zero-order valence-corrected chi connectivity index (χ0v) is 22.8. The molecule has 0 aromatic rings. The van der Waals surface area contributed by atoms with E-state index in [2.05, 4.69) is 25.0 Å². The molecule has 0 aliphatic heterocycles. The van der Waals surface area contributed by atoms with Crippen LogP contribution in [0.4, 0.5) is 0 Å². The maximum absolute atomic E-state index is 12.6. The second-order valence-corrected chi connectivity index (χ2v) is 17.0. The van der Waals surface area contributed by atoms with E-state index >= 15 is 0 Å². The second kappa shape index (κ2) is 13.1. The molecule has 0 aliphatic carbocycles. The molecular weight excluding hydrogens is 444 g/mol. The number of esters is 3. The highest BCUT2D eigenvalue weighted by molar-refractivity contribution is 6.76. The van der Waals surface area contributed by atoms with Crippen LogP contribution in [0.1, 0.15) is 67.2 Å². The summed E-state index contributed by atoms with van der Waals surface area (Å²) in [6.07, 6.45) is -0.0248. The number of carbonyl (C=O) groups excluding carboxylic acids is 4. The van der Waals surface area contributed by atoms with E-state index in [1.54, 1.807) is 41.5 Å². The summed E-state index contributed by atoms with van der Waals surface area (Å²) in [5, 5.41) is 2.57. The van der Waals surface area contributed by atoms with Crippen LogP contribution in [0.5, 0.6) is 0 Å². The monoisotopic (exact) mass is 488 g/mol. The van der Waals surface area contributed by atoms with Crippen molar-refractivity contribution in [2.45, 2.75) is 116 Å². The number of rotatable bonds is 12. The van der Waals surface area contributed by atoms with Crippen molar-refractivity contribution in [3.05, 3.63) is 0 Å². The SMILES string of the molecule is CC(C)(C)OC(=O)CC[C@@H](N)C(=O)N[C@@H](CCC(=O)OC(C)(C)C)C(=O)OCC[Si](C)(C)C. The third-order valence-electron chi connectivity index (χ3n) is 4.17. The van der Waals surface area contributed by atoms with Gasteiger partial charge < -0.3 is 25.3 Å². The Morgan fingerprint density at radius 3 is 1.73 bits per heavy atom. The van der Waals surface area contributed by atoms with Crippen molar-refractivity contribution < 1.29 is 33.4 Å². The van der Waals surface area contributed by atoms with E-state index < -0.39 is 55.2 Å². The summed E-state index contributed by atoms with van der Waals surface area (Å²) in [6, 6.07) is -1.28. The molecule has 0 radical (unpaired) electrons. The maximum atomic E-state index is 12.6. The van der Waals surface area contributed by atoms with Gasteiger partial charge in [0.2, 0.25) is 5.91 Å². The van der Waals surface area contributed by atoms with Gasteiger partial charge in [-0.2, -0.15) is 0 Å². The predicted octanol–water partition coefficient (Wildman–Crippen LogP) is 2.92. The van der Waals surface area contributed by atoms with Gasteiger partial charge in [0.15, 0.2) is 0 Å². The lowest BCUT2D eigenvalue weighted by atomic mass is 10.1. The number of hydrogen-bond donors (Lipinski definition) is 2. The molecule has 0 saturated heterocycles. The van der Waals surface area contributed by atoms with Gasteiger partial charge in [-0.1, -0.05) is 19.6 Å². The minimum atomic E-state index is -1.41. The van der Waals surface area contributed by atoms with Crippen LogP contribution < -0.4 is 11.1 Å². The molecule has 0 spiro atoms. The van der Waals surface area contributed by atoms with Gasteiger partial charge in [-0.15, -0.1) is 0 Å². The predicted molar refractivity (Wildman–Crippen MR) is 129 cm³/mol. The zero-order valence-electron chi connectivity index (χ0n) is 21.8. The van der Waals surface area contributed by atoms with Gasteiger partial charge in [0.25, 0.3) is 0 Å². The molecule has 0 aromatic heterocycles. The van der Waals surface area contributed by atoms with Crippen LogP contribution in [0.15, 0.2) is 0 Å². The first kappa shape index (κ1) is 31.1. The van der Waals surface area contributed by atoms with Gasteiger partial charge in [0.05, 0.1) is 12.6 Å². The van der Waals surface area contributed by atoms with E-state index in [1.807, 2.05) is 0 Å². The Hall–Kier alpha value is -1.94. The molecule has 0 aromatic carbocycles. The summed E-state index contributed by atoms with van der Waals surface area (Å²) in [6.45, 7) is 17.2. The highest BCUT2D eigenvalue weighted by Gasteiger charge is 2.28. The van der Waals surface area contributed by atoms with Crippen molar-refractivity contribution in [1.82, 2.24) is 5.32 Å². The first-order valence-electron chi connectivity index (χ1n) is 11.5. The Kier molecular flexibility index (Phi) is 12.3. The van der Waals surface area contributed by atoms with Crippen LogP contribution in [0.2, 0.25) is 25.7 Å². The highest BCUT2D eigenvalue weighted by atomic mass is 28.3. The summed E-state index contributed by atoms with van der Waals surface area (Å²) in [5.41, 5.74) is 4.63. The number of nitrogens with two attached hydrogens (primary N) is 1. The number of hydrogen-bond acceptors (Lipinski definition) is 8. The number of nitrogens with one attached hydrogen (secondary N) is 1. The third kappa shape index (κ3) is 17.2. The number of carbonyl (C=O) groups is 4. The first-order chi connectivity index (χ1) is 14.8. The molecular formula is C23H44N2O7Si. The third-order valence-corrected chi connectivity index (χ3v) is 5.87. The van der Waals surface area contributed by atoms with E-state index in [-0.39, 0.29) is 32.3 Å². The van der Waals surface area contributed by atoms with Gasteiger partial charge in [-0.05, 0) is 60.4 Å². The normalized spacial score (nSPS) is 14.1. The Bertz CT molecular complexity index is 676. The zero-order chi connectivity index (χ0) is 26.0. The van der Waals surface area contributed by atoms with Gasteiger partial charge >= 0.3 is 17.9 Å². The van der Waals surface area contributed by atoms with Crippen LogP contribution >= 0.6 is 0 Å². The van der Waals surface area contributed by atoms with Crippen LogP contribution in [-0.2, 0) is 33.4 Å². The lowest BCUT2D eigenvalue weighted by Gasteiger charge is -2.23. The van der Waals surface area contributed by atoms with E-state index in [4.69, 9.17) is 19.9 Å². The van der Waals surface area contributed by atoms with Crippen molar-refractivity contribution in [3.63, 3.8) is 0 Å². The summed E-state index contributed by atoms with van der Waals surface area (Å²) < 4.78 is 15.9. The number of ether oxygens (including phenoxy) is 3. The summed E-state index contributed by atoms with van der Waals surface area (Å²) in [4.78, 5) is 49.1. The summed E-state index contributed by atoms with van der Waals surface area (Å²) >= 11 is 0. The molecule has 0 fully saturated rings. The lowest BCUT2D eigenvalue weighted by molar-refractivity contribution is -0.157. The van der Waals surface area contributed by atoms with E-state index in [1.165, 1.54) is 0 Å².